The van der Waals surface area contributed by atoms with Gasteiger partial charge in [0.1, 0.15) is 17.2 Å². The lowest BCUT2D eigenvalue weighted by Crippen LogP contribution is -2.29. The highest BCUT2D eigenvalue weighted by atomic mass is 32.1. The predicted octanol–water partition coefficient (Wildman–Crippen LogP) is 3.57. The molecule has 1 aromatic carbocycles. The lowest BCUT2D eigenvalue weighted by molar-refractivity contribution is 0.101. The second-order valence-electron chi connectivity index (χ2n) is 7.24. The lowest BCUT2D eigenvalue weighted by atomic mass is 10.1. The third kappa shape index (κ3) is 3.32. The molecule has 4 heterocycles. The molecule has 0 bridgehead atoms. The summed E-state index contributed by atoms with van der Waals surface area (Å²) in [5.41, 5.74) is 1.46. The average molecular weight is 425 g/mol. The first-order valence-electron chi connectivity index (χ1n) is 9.80. The minimum Gasteiger partial charge on any atom is -0.347 e. The Morgan fingerprint density at radius 2 is 2.03 bits per heavy atom. The van der Waals surface area contributed by atoms with Gasteiger partial charge in [0.25, 0.3) is 5.91 Å². The van der Waals surface area contributed by atoms with Crippen LogP contribution in [0, 0.1) is 5.82 Å². The zero-order valence-electron chi connectivity index (χ0n) is 16.4. The number of rotatable bonds is 4. The maximum absolute atomic E-state index is 13.9. The van der Waals surface area contributed by atoms with Crippen LogP contribution in [0.4, 0.5) is 15.3 Å². The molecule has 5 rings (SSSR count). The first kappa shape index (κ1) is 18.7. The molecule has 3 aromatic heterocycles. The number of nitrogens with one attached hydrogen (secondary N) is 1. The molecule has 10 heteroatoms. The molecule has 8 nitrogen and oxygen atoms in total. The molecule has 154 valence electrons. The van der Waals surface area contributed by atoms with Gasteiger partial charge >= 0.3 is 0 Å². The Hall–Kier alpha value is -3.27. The summed E-state index contributed by atoms with van der Waals surface area (Å²) >= 11 is 1.47. The second-order valence-corrected chi connectivity index (χ2v) is 8.17. The van der Waals surface area contributed by atoms with Crippen molar-refractivity contribution in [2.45, 2.75) is 19.3 Å². The van der Waals surface area contributed by atoms with Gasteiger partial charge in [-0.15, -0.1) is 5.10 Å². The van der Waals surface area contributed by atoms with Crippen molar-refractivity contribution < 1.29 is 9.18 Å². The Labute approximate surface area is 176 Å². The van der Waals surface area contributed by atoms with Gasteiger partial charge in [-0.1, -0.05) is 23.5 Å². The Kier molecular flexibility index (Phi) is 4.70. The van der Waals surface area contributed by atoms with E-state index in [-0.39, 0.29) is 11.7 Å². The van der Waals surface area contributed by atoms with Crippen molar-refractivity contribution in [2.24, 2.45) is 7.05 Å². The number of halogens is 1. The molecule has 1 aliphatic rings. The standard InChI is InChI=1S/C20H20FN7OS/c1-26-15(8-9-22-26)18(29)24-17-16(13-6-5-7-14(21)12-13)23-19-28(17)25-20(30-19)27-10-3-2-4-11-27/h5-9,12H,2-4,10-11H2,1H3,(H,24,29). The van der Waals surface area contributed by atoms with E-state index in [4.69, 9.17) is 5.10 Å². The van der Waals surface area contributed by atoms with Gasteiger partial charge in [-0.25, -0.2) is 9.37 Å². The monoisotopic (exact) mass is 425 g/mol. The first-order valence-corrected chi connectivity index (χ1v) is 10.6. The van der Waals surface area contributed by atoms with E-state index in [9.17, 15) is 9.18 Å². The highest BCUT2D eigenvalue weighted by molar-refractivity contribution is 7.20. The van der Waals surface area contributed by atoms with Gasteiger partial charge < -0.3 is 10.2 Å². The Morgan fingerprint density at radius 1 is 1.20 bits per heavy atom. The third-order valence-electron chi connectivity index (χ3n) is 5.20. The van der Waals surface area contributed by atoms with E-state index in [1.165, 1.54) is 34.6 Å². The molecule has 4 aromatic rings. The molecule has 0 saturated carbocycles. The summed E-state index contributed by atoms with van der Waals surface area (Å²) < 4.78 is 17.0. The van der Waals surface area contributed by atoms with Crippen LogP contribution < -0.4 is 10.2 Å². The summed E-state index contributed by atoms with van der Waals surface area (Å²) in [5.74, 6) is -0.280. The summed E-state index contributed by atoms with van der Waals surface area (Å²) in [6, 6.07) is 7.80. The topological polar surface area (TPSA) is 80.3 Å². The number of fused-ring (bicyclic) bond motifs is 1. The molecular formula is C20H20FN7OS. The number of imidazole rings is 1. The molecule has 0 atom stereocenters. The van der Waals surface area contributed by atoms with E-state index >= 15 is 0 Å². The lowest BCUT2D eigenvalue weighted by Gasteiger charge is -2.25. The molecule has 1 N–H and O–H groups in total. The van der Waals surface area contributed by atoms with Crippen LogP contribution in [0.15, 0.2) is 36.5 Å². The van der Waals surface area contributed by atoms with E-state index in [2.05, 4.69) is 20.3 Å². The predicted molar refractivity (Wildman–Crippen MR) is 113 cm³/mol. The maximum atomic E-state index is 13.9. The number of piperidine rings is 1. The molecule has 1 fully saturated rings. The van der Waals surface area contributed by atoms with Crippen molar-refractivity contribution in [2.75, 3.05) is 23.3 Å². The van der Waals surface area contributed by atoms with Crippen molar-refractivity contribution in [3.63, 3.8) is 0 Å². The molecule has 0 spiro atoms. The van der Waals surface area contributed by atoms with E-state index in [1.807, 2.05) is 0 Å². The highest BCUT2D eigenvalue weighted by Crippen LogP contribution is 2.34. The first-order chi connectivity index (χ1) is 14.6. The molecule has 0 aliphatic carbocycles. The summed E-state index contributed by atoms with van der Waals surface area (Å²) in [4.78, 5) is 20.5. The van der Waals surface area contributed by atoms with Crippen LogP contribution >= 0.6 is 11.3 Å². The number of benzene rings is 1. The number of aryl methyl sites for hydroxylation is 1. The van der Waals surface area contributed by atoms with Crippen LogP contribution in [0.3, 0.4) is 0 Å². The molecule has 30 heavy (non-hydrogen) atoms. The summed E-state index contributed by atoms with van der Waals surface area (Å²) in [6.45, 7) is 1.92. The number of hydrogen-bond acceptors (Lipinski definition) is 6. The van der Waals surface area contributed by atoms with E-state index < -0.39 is 0 Å². The fourth-order valence-electron chi connectivity index (χ4n) is 3.67. The fraction of sp³-hybridized carbons (Fsp3) is 0.300. The van der Waals surface area contributed by atoms with Crippen LogP contribution in [-0.2, 0) is 7.05 Å². The van der Waals surface area contributed by atoms with Gasteiger partial charge in [0.2, 0.25) is 10.1 Å². The number of carbonyl (C=O) groups excluding carboxylic acids is 1. The van der Waals surface area contributed by atoms with Crippen LogP contribution in [0.25, 0.3) is 16.2 Å². The second kappa shape index (κ2) is 7.52. The van der Waals surface area contributed by atoms with Crippen molar-refractivity contribution in [1.29, 1.82) is 0 Å². The zero-order valence-corrected chi connectivity index (χ0v) is 17.2. The van der Waals surface area contributed by atoms with Crippen LogP contribution in [-0.4, -0.2) is 43.4 Å². The number of nitrogens with zero attached hydrogens (tertiary/aromatic N) is 6. The maximum Gasteiger partial charge on any atom is 0.275 e. The average Bonchev–Trinajstić information content (AvgIpc) is 3.44. The Morgan fingerprint density at radius 3 is 2.77 bits per heavy atom. The SMILES string of the molecule is Cn1nccc1C(=O)Nc1c(-c2cccc(F)c2)nc2sc(N3CCCCC3)nn12. The van der Waals surface area contributed by atoms with Crippen LogP contribution in [0.5, 0.6) is 0 Å². The van der Waals surface area contributed by atoms with Crippen molar-refractivity contribution in [3.05, 3.63) is 48.0 Å². The number of amides is 1. The minimum atomic E-state index is -0.366. The highest BCUT2D eigenvalue weighted by Gasteiger charge is 2.24. The van der Waals surface area contributed by atoms with Gasteiger partial charge in [-0.05, 0) is 37.5 Å². The molecule has 1 amide bonds. The summed E-state index contributed by atoms with van der Waals surface area (Å²) in [5, 5.41) is 12.6. The summed E-state index contributed by atoms with van der Waals surface area (Å²) in [7, 11) is 1.70. The molecule has 0 radical (unpaired) electrons. The van der Waals surface area contributed by atoms with E-state index in [0.717, 1.165) is 31.1 Å². The van der Waals surface area contributed by atoms with Crippen LogP contribution in [0.1, 0.15) is 29.8 Å². The largest absolute Gasteiger partial charge is 0.347 e. The fourth-order valence-corrected chi connectivity index (χ4v) is 4.62. The number of carbonyl (C=O) groups is 1. The third-order valence-corrected chi connectivity index (χ3v) is 6.17. The van der Waals surface area contributed by atoms with E-state index in [1.54, 1.807) is 36.0 Å². The van der Waals surface area contributed by atoms with Gasteiger partial charge in [0.05, 0.1) is 0 Å². The van der Waals surface area contributed by atoms with Crippen molar-refractivity contribution >= 4 is 33.2 Å². The normalized spacial score (nSPS) is 14.4. The zero-order chi connectivity index (χ0) is 20.7. The van der Waals surface area contributed by atoms with Crippen molar-refractivity contribution in [3.8, 4) is 11.3 Å². The van der Waals surface area contributed by atoms with Gasteiger partial charge in [-0.3, -0.25) is 9.48 Å². The summed E-state index contributed by atoms with van der Waals surface area (Å²) in [6.07, 6.45) is 5.07. The molecule has 1 saturated heterocycles. The van der Waals surface area contributed by atoms with Crippen LogP contribution in [0.2, 0.25) is 0 Å². The number of anilines is 2. The quantitative estimate of drug-likeness (QED) is 0.541. The number of hydrogen-bond donors (Lipinski definition) is 1. The minimum absolute atomic E-state index is 0.332. The van der Waals surface area contributed by atoms with E-state index in [0.29, 0.717) is 27.7 Å². The Balaban J connectivity index is 1.59. The van der Waals surface area contributed by atoms with Crippen molar-refractivity contribution in [1.82, 2.24) is 24.4 Å². The molecule has 1 aliphatic heterocycles. The van der Waals surface area contributed by atoms with Gasteiger partial charge in [0, 0.05) is 31.9 Å². The van der Waals surface area contributed by atoms with Gasteiger partial charge in [0.15, 0.2) is 5.82 Å². The Bertz CT molecular complexity index is 1220. The molecule has 0 unspecified atom stereocenters. The smallest absolute Gasteiger partial charge is 0.275 e. The molecular weight excluding hydrogens is 405 g/mol. The number of aromatic nitrogens is 5. The van der Waals surface area contributed by atoms with Gasteiger partial charge in [-0.2, -0.15) is 9.61 Å².